The van der Waals surface area contributed by atoms with Crippen LogP contribution in [-0.2, 0) is 13.1 Å². The lowest BCUT2D eigenvalue weighted by atomic mass is 10.1. The van der Waals surface area contributed by atoms with Crippen LogP contribution in [-0.4, -0.2) is 51.1 Å². The first-order valence-corrected chi connectivity index (χ1v) is 7.10. The quantitative estimate of drug-likeness (QED) is 0.814. The van der Waals surface area contributed by atoms with Gasteiger partial charge in [0.2, 0.25) is 0 Å². The highest BCUT2D eigenvalue weighted by molar-refractivity contribution is 4.94. The van der Waals surface area contributed by atoms with Crippen molar-refractivity contribution in [2.24, 2.45) is 0 Å². The van der Waals surface area contributed by atoms with Crippen molar-refractivity contribution in [3.63, 3.8) is 0 Å². The van der Waals surface area contributed by atoms with Gasteiger partial charge in [-0.25, -0.2) is 4.98 Å². The molecule has 0 aromatic carbocycles. The first-order valence-electron chi connectivity index (χ1n) is 7.10. The molecule has 0 saturated carbocycles. The largest absolute Gasteiger partial charge is 0.334 e. The zero-order chi connectivity index (χ0) is 13.1. The Balaban J connectivity index is 1.95. The van der Waals surface area contributed by atoms with Crippen molar-refractivity contribution in [2.75, 3.05) is 19.6 Å². The molecule has 1 saturated heterocycles. The van der Waals surface area contributed by atoms with Gasteiger partial charge in [-0.05, 0) is 27.7 Å². The molecule has 1 aliphatic rings. The maximum atomic E-state index is 4.48. The lowest BCUT2D eigenvalue weighted by Crippen LogP contribution is -2.53. The average molecular weight is 250 g/mol. The highest BCUT2D eigenvalue weighted by Crippen LogP contribution is 2.14. The van der Waals surface area contributed by atoms with Crippen molar-refractivity contribution in [1.82, 2.24) is 19.4 Å². The van der Waals surface area contributed by atoms with E-state index in [1.807, 2.05) is 6.20 Å². The van der Waals surface area contributed by atoms with Gasteiger partial charge in [0.05, 0.1) is 6.54 Å². The average Bonchev–Trinajstić information content (AvgIpc) is 2.78. The minimum atomic E-state index is 0.614. The summed E-state index contributed by atoms with van der Waals surface area (Å²) in [6.07, 6.45) is 3.98. The van der Waals surface area contributed by atoms with E-state index in [0.717, 1.165) is 19.6 Å². The Kier molecular flexibility index (Phi) is 4.40. The zero-order valence-electron chi connectivity index (χ0n) is 12.1. The van der Waals surface area contributed by atoms with Crippen molar-refractivity contribution in [3.8, 4) is 0 Å². The molecule has 0 amide bonds. The van der Waals surface area contributed by atoms with Gasteiger partial charge in [0.25, 0.3) is 0 Å². The summed E-state index contributed by atoms with van der Waals surface area (Å²) in [6.45, 7) is 14.6. The Morgan fingerprint density at radius 3 is 2.78 bits per heavy atom. The predicted octanol–water partition coefficient (Wildman–Crippen LogP) is 1.82. The molecule has 0 radical (unpaired) electrons. The van der Waals surface area contributed by atoms with Crippen LogP contribution in [0.2, 0.25) is 0 Å². The third-order valence-electron chi connectivity index (χ3n) is 4.01. The number of hydrogen-bond donors (Lipinski definition) is 0. The molecule has 0 aliphatic carbocycles. The SMILES string of the molecule is CCn1ccnc1CN1CCN(C(C)C)C[C@H]1C. The fourth-order valence-corrected chi connectivity index (χ4v) is 2.69. The number of aryl methyl sites for hydroxylation is 1. The minimum absolute atomic E-state index is 0.614. The number of piperazine rings is 1. The molecular formula is C14H26N4. The van der Waals surface area contributed by atoms with E-state index in [-0.39, 0.29) is 0 Å². The van der Waals surface area contributed by atoms with Gasteiger partial charge in [-0.3, -0.25) is 9.80 Å². The van der Waals surface area contributed by atoms with Crippen molar-refractivity contribution in [2.45, 2.75) is 52.9 Å². The number of aromatic nitrogens is 2. The Hall–Kier alpha value is -0.870. The van der Waals surface area contributed by atoms with Crippen LogP contribution in [0, 0.1) is 0 Å². The van der Waals surface area contributed by atoms with Gasteiger partial charge in [0, 0.05) is 50.7 Å². The highest BCUT2D eigenvalue weighted by atomic mass is 15.3. The Morgan fingerprint density at radius 1 is 1.39 bits per heavy atom. The Labute approximate surface area is 111 Å². The van der Waals surface area contributed by atoms with Crippen molar-refractivity contribution >= 4 is 0 Å². The smallest absolute Gasteiger partial charge is 0.122 e. The summed E-state index contributed by atoms with van der Waals surface area (Å²) in [5.41, 5.74) is 0. The van der Waals surface area contributed by atoms with Crippen LogP contribution in [0.3, 0.4) is 0 Å². The molecule has 1 fully saturated rings. The molecule has 18 heavy (non-hydrogen) atoms. The van der Waals surface area contributed by atoms with Gasteiger partial charge < -0.3 is 4.57 Å². The van der Waals surface area contributed by atoms with E-state index in [2.05, 4.69) is 53.2 Å². The summed E-state index contributed by atoms with van der Waals surface area (Å²) >= 11 is 0. The van der Waals surface area contributed by atoms with Crippen LogP contribution in [0.4, 0.5) is 0 Å². The van der Waals surface area contributed by atoms with Crippen LogP contribution in [0.5, 0.6) is 0 Å². The maximum absolute atomic E-state index is 4.48. The van der Waals surface area contributed by atoms with Crippen molar-refractivity contribution in [1.29, 1.82) is 0 Å². The Morgan fingerprint density at radius 2 is 2.17 bits per heavy atom. The second-order valence-corrected chi connectivity index (χ2v) is 5.54. The molecule has 1 aliphatic heterocycles. The number of imidazole rings is 1. The van der Waals surface area contributed by atoms with Gasteiger partial charge in [-0.15, -0.1) is 0 Å². The molecule has 0 bridgehead atoms. The molecule has 1 aromatic heterocycles. The van der Waals surface area contributed by atoms with Crippen LogP contribution in [0.1, 0.15) is 33.5 Å². The van der Waals surface area contributed by atoms with E-state index < -0.39 is 0 Å². The second-order valence-electron chi connectivity index (χ2n) is 5.54. The summed E-state index contributed by atoms with van der Waals surface area (Å²) in [4.78, 5) is 9.59. The molecule has 1 aromatic rings. The van der Waals surface area contributed by atoms with Crippen molar-refractivity contribution in [3.05, 3.63) is 18.2 Å². The third-order valence-corrected chi connectivity index (χ3v) is 4.01. The molecule has 0 N–H and O–H groups in total. The molecule has 4 nitrogen and oxygen atoms in total. The number of nitrogens with zero attached hydrogens (tertiary/aromatic N) is 4. The van der Waals surface area contributed by atoms with Crippen LogP contribution in [0.15, 0.2) is 12.4 Å². The van der Waals surface area contributed by atoms with Crippen LogP contribution >= 0.6 is 0 Å². The summed E-state index contributed by atoms with van der Waals surface area (Å²) < 4.78 is 2.24. The molecule has 1 atom stereocenters. The van der Waals surface area contributed by atoms with E-state index in [1.54, 1.807) is 0 Å². The predicted molar refractivity (Wildman–Crippen MR) is 74.5 cm³/mol. The van der Waals surface area contributed by atoms with Gasteiger partial charge in [0.15, 0.2) is 0 Å². The van der Waals surface area contributed by atoms with Gasteiger partial charge >= 0.3 is 0 Å². The van der Waals surface area contributed by atoms with E-state index in [9.17, 15) is 0 Å². The van der Waals surface area contributed by atoms with Gasteiger partial charge in [-0.2, -0.15) is 0 Å². The minimum Gasteiger partial charge on any atom is -0.334 e. The fraction of sp³-hybridized carbons (Fsp3) is 0.786. The molecule has 2 heterocycles. The monoisotopic (exact) mass is 250 g/mol. The summed E-state index contributed by atoms with van der Waals surface area (Å²) in [7, 11) is 0. The number of hydrogen-bond acceptors (Lipinski definition) is 3. The van der Waals surface area contributed by atoms with Crippen molar-refractivity contribution < 1.29 is 0 Å². The second kappa shape index (κ2) is 5.85. The van der Waals surface area contributed by atoms with Crippen LogP contribution in [0.25, 0.3) is 0 Å². The molecule has 0 unspecified atom stereocenters. The summed E-state index contributed by atoms with van der Waals surface area (Å²) in [5, 5.41) is 0. The van der Waals surface area contributed by atoms with Gasteiger partial charge in [0.1, 0.15) is 5.82 Å². The lowest BCUT2D eigenvalue weighted by Gasteiger charge is -2.41. The normalized spacial score (nSPS) is 22.8. The highest BCUT2D eigenvalue weighted by Gasteiger charge is 2.25. The maximum Gasteiger partial charge on any atom is 0.122 e. The van der Waals surface area contributed by atoms with Gasteiger partial charge in [-0.1, -0.05) is 0 Å². The topological polar surface area (TPSA) is 24.3 Å². The number of rotatable bonds is 4. The van der Waals surface area contributed by atoms with E-state index in [0.29, 0.717) is 12.1 Å². The van der Waals surface area contributed by atoms with E-state index in [1.165, 1.54) is 18.9 Å². The molecule has 4 heteroatoms. The standard InChI is InChI=1S/C14H26N4/c1-5-16-7-6-15-14(16)11-18-9-8-17(12(2)3)10-13(18)4/h6-7,12-13H,5,8-11H2,1-4H3/t13-/m1/s1. The fourth-order valence-electron chi connectivity index (χ4n) is 2.69. The molecule has 0 spiro atoms. The first-order chi connectivity index (χ1) is 8.61. The molecule has 2 rings (SSSR count). The lowest BCUT2D eigenvalue weighted by molar-refractivity contribution is 0.0573. The summed E-state index contributed by atoms with van der Waals surface area (Å²) in [6, 6.07) is 1.27. The van der Waals surface area contributed by atoms with E-state index >= 15 is 0 Å². The third kappa shape index (κ3) is 2.93. The Bertz CT molecular complexity index is 372. The summed E-state index contributed by atoms with van der Waals surface area (Å²) in [5.74, 6) is 1.20. The van der Waals surface area contributed by atoms with E-state index in [4.69, 9.17) is 0 Å². The van der Waals surface area contributed by atoms with Crippen LogP contribution < -0.4 is 0 Å². The molecular weight excluding hydrogens is 224 g/mol. The first kappa shape index (κ1) is 13.6. The zero-order valence-corrected chi connectivity index (χ0v) is 12.1. The molecule has 102 valence electrons.